The zero-order valence-corrected chi connectivity index (χ0v) is 13.1. The first-order valence-corrected chi connectivity index (χ1v) is 7.57. The van der Waals surface area contributed by atoms with E-state index in [4.69, 9.17) is 0 Å². The lowest BCUT2D eigenvalue weighted by Crippen LogP contribution is -2.32. The number of amides is 2. The molecule has 2 heterocycles. The Balaban J connectivity index is 1.51. The highest BCUT2D eigenvalue weighted by Crippen LogP contribution is 2.17. The van der Waals surface area contributed by atoms with E-state index in [1.807, 2.05) is 24.3 Å². The van der Waals surface area contributed by atoms with E-state index in [0.717, 1.165) is 23.5 Å². The van der Waals surface area contributed by atoms with Crippen molar-refractivity contribution in [3.63, 3.8) is 0 Å². The summed E-state index contributed by atoms with van der Waals surface area (Å²) in [6.07, 6.45) is 3.45. The van der Waals surface area contributed by atoms with Gasteiger partial charge in [0.15, 0.2) is 0 Å². The van der Waals surface area contributed by atoms with Crippen LogP contribution in [0.25, 0.3) is 11.4 Å². The molecule has 1 aromatic carbocycles. The monoisotopic (exact) mass is 343 g/mol. The van der Waals surface area contributed by atoms with Crippen molar-refractivity contribution in [3.05, 3.63) is 66.5 Å². The van der Waals surface area contributed by atoms with Crippen LogP contribution in [0, 0.1) is 11.6 Å². The maximum atomic E-state index is 13.5. The first-order chi connectivity index (χ1) is 12.1. The molecule has 0 spiro atoms. The number of nitrogens with zero attached hydrogens (tertiary/aromatic N) is 3. The van der Waals surface area contributed by atoms with Gasteiger partial charge in [0.1, 0.15) is 23.0 Å². The van der Waals surface area contributed by atoms with E-state index < -0.39 is 23.4 Å². The molecule has 0 unspecified atom stereocenters. The molecule has 25 heavy (non-hydrogen) atoms. The zero-order chi connectivity index (χ0) is 17.6. The third-order valence-corrected chi connectivity index (χ3v) is 3.40. The number of nitrogens with one attached hydrogen (secondary N) is 2. The van der Waals surface area contributed by atoms with Gasteiger partial charge >= 0.3 is 6.03 Å². The molecule has 0 saturated carbocycles. The van der Waals surface area contributed by atoms with Crippen molar-refractivity contribution in [1.82, 2.24) is 20.1 Å². The van der Waals surface area contributed by atoms with Crippen LogP contribution in [0.2, 0.25) is 0 Å². The minimum Gasteiger partial charge on any atom is -0.336 e. The number of pyridine rings is 1. The van der Waals surface area contributed by atoms with Crippen LogP contribution in [0.5, 0.6) is 0 Å². The van der Waals surface area contributed by atoms with Crippen LogP contribution >= 0.6 is 0 Å². The molecule has 0 aliphatic heterocycles. The van der Waals surface area contributed by atoms with Crippen molar-refractivity contribution < 1.29 is 13.6 Å². The number of anilines is 1. The van der Waals surface area contributed by atoms with Gasteiger partial charge in [-0.3, -0.25) is 9.67 Å². The molecule has 0 bridgehead atoms. The van der Waals surface area contributed by atoms with Gasteiger partial charge in [-0.2, -0.15) is 5.10 Å². The Bertz CT molecular complexity index is 846. The number of carbonyl (C=O) groups is 1. The van der Waals surface area contributed by atoms with Gasteiger partial charge < -0.3 is 10.6 Å². The van der Waals surface area contributed by atoms with Gasteiger partial charge in [-0.25, -0.2) is 13.6 Å². The van der Waals surface area contributed by atoms with E-state index in [-0.39, 0.29) is 6.54 Å². The SMILES string of the molecule is O=C(NCCn1ccc(-c2ccccn2)n1)Nc1c(F)cccc1F. The third kappa shape index (κ3) is 4.17. The molecule has 0 atom stereocenters. The lowest BCUT2D eigenvalue weighted by molar-refractivity contribution is 0.251. The minimum atomic E-state index is -0.831. The third-order valence-electron chi connectivity index (χ3n) is 3.40. The Morgan fingerprint density at radius 3 is 2.56 bits per heavy atom. The Morgan fingerprint density at radius 2 is 1.84 bits per heavy atom. The number of carbonyl (C=O) groups excluding carboxylic acids is 1. The van der Waals surface area contributed by atoms with Gasteiger partial charge in [0.2, 0.25) is 0 Å². The van der Waals surface area contributed by atoms with Crippen LogP contribution in [0.3, 0.4) is 0 Å². The normalized spacial score (nSPS) is 10.5. The van der Waals surface area contributed by atoms with Gasteiger partial charge in [-0.05, 0) is 30.3 Å². The van der Waals surface area contributed by atoms with Crippen molar-refractivity contribution >= 4 is 11.7 Å². The van der Waals surface area contributed by atoms with Crippen molar-refractivity contribution in [3.8, 4) is 11.4 Å². The van der Waals surface area contributed by atoms with Gasteiger partial charge in [0.25, 0.3) is 0 Å². The van der Waals surface area contributed by atoms with Crippen LogP contribution in [0.15, 0.2) is 54.9 Å². The molecule has 2 aromatic heterocycles. The lowest BCUT2D eigenvalue weighted by Gasteiger charge is -2.09. The topological polar surface area (TPSA) is 71.8 Å². The average Bonchev–Trinajstić information content (AvgIpc) is 3.08. The summed E-state index contributed by atoms with van der Waals surface area (Å²) in [4.78, 5) is 15.9. The van der Waals surface area contributed by atoms with Crippen molar-refractivity contribution in [2.45, 2.75) is 6.54 Å². The summed E-state index contributed by atoms with van der Waals surface area (Å²) in [6.45, 7) is 0.644. The van der Waals surface area contributed by atoms with E-state index >= 15 is 0 Å². The number of hydrogen-bond acceptors (Lipinski definition) is 3. The summed E-state index contributed by atoms with van der Waals surface area (Å²) >= 11 is 0. The summed E-state index contributed by atoms with van der Waals surface area (Å²) in [5.74, 6) is -1.66. The summed E-state index contributed by atoms with van der Waals surface area (Å²) in [5, 5.41) is 9.03. The molecule has 0 saturated heterocycles. The second-order valence-electron chi connectivity index (χ2n) is 5.16. The molecule has 3 rings (SSSR count). The highest BCUT2D eigenvalue weighted by molar-refractivity contribution is 5.89. The zero-order valence-electron chi connectivity index (χ0n) is 13.1. The molecular weight excluding hydrogens is 328 g/mol. The number of urea groups is 1. The molecule has 2 N–H and O–H groups in total. The molecule has 8 heteroatoms. The first-order valence-electron chi connectivity index (χ1n) is 7.57. The lowest BCUT2D eigenvalue weighted by atomic mass is 10.3. The van der Waals surface area contributed by atoms with Gasteiger partial charge in [0.05, 0.1) is 12.2 Å². The molecule has 3 aromatic rings. The van der Waals surface area contributed by atoms with Gasteiger partial charge in [-0.15, -0.1) is 0 Å². The summed E-state index contributed by atoms with van der Waals surface area (Å²) < 4.78 is 28.6. The molecule has 0 aliphatic rings. The van der Waals surface area contributed by atoms with Gasteiger partial charge in [-0.1, -0.05) is 12.1 Å². The first kappa shape index (κ1) is 16.6. The fourth-order valence-corrected chi connectivity index (χ4v) is 2.20. The van der Waals surface area contributed by atoms with Crippen LogP contribution in [-0.4, -0.2) is 27.3 Å². The summed E-state index contributed by atoms with van der Waals surface area (Å²) in [7, 11) is 0. The van der Waals surface area contributed by atoms with E-state index in [1.54, 1.807) is 17.1 Å². The fourth-order valence-electron chi connectivity index (χ4n) is 2.20. The standard InChI is InChI=1S/C17H15F2N5O/c18-12-4-3-5-13(19)16(12)22-17(25)21-9-11-24-10-7-15(23-24)14-6-1-2-8-20-14/h1-8,10H,9,11H2,(H2,21,22,25). The van der Waals surface area contributed by atoms with E-state index in [0.29, 0.717) is 6.54 Å². The van der Waals surface area contributed by atoms with E-state index in [2.05, 4.69) is 20.7 Å². The molecule has 6 nitrogen and oxygen atoms in total. The predicted octanol–water partition coefficient (Wildman–Crippen LogP) is 3.05. The molecule has 0 aliphatic carbocycles. The van der Waals surface area contributed by atoms with Gasteiger partial charge in [0, 0.05) is 18.9 Å². The van der Waals surface area contributed by atoms with E-state index in [9.17, 15) is 13.6 Å². The quantitative estimate of drug-likeness (QED) is 0.748. The molecular formula is C17H15F2N5O. The van der Waals surface area contributed by atoms with E-state index in [1.165, 1.54) is 6.07 Å². The highest BCUT2D eigenvalue weighted by Gasteiger charge is 2.11. The Kier molecular flexibility index (Phi) is 4.98. The Morgan fingerprint density at radius 1 is 1.04 bits per heavy atom. The number of para-hydroxylation sites is 1. The van der Waals surface area contributed by atoms with Crippen molar-refractivity contribution in [2.75, 3.05) is 11.9 Å². The maximum absolute atomic E-state index is 13.5. The molecule has 0 fully saturated rings. The van der Waals surface area contributed by atoms with Crippen LogP contribution in [0.1, 0.15) is 0 Å². The molecule has 128 valence electrons. The molecule has 0 radical (unpaired) electrons. The van der Waals surface area contributed by atoms with Crippen LogP contribution < -0.4 is 10.6 Å². The number of halogens is 2. The highest BCUT2D eigenvalue weighted by atomic mass is 19.1. The van der Waals surface area contributed by atoms with Crippen LogP contribution in [-0.2, 0) is 6.54 Å². The summed E-state index contributed by atoms with van der Waals surface area (Å²) in [5.41, 5.74) is 0.997. The van der Waals surface area contributed by atoms with Crippen molar-refractivity contribution in [1.29, 1.82) is 0 Å². The Labute approximate surface area is 142 Å². The molecule has 2 amide bonds. The smallest absolute Gasteiger partial charge is 0.319 e. The number of rotatable bonds is 5. The largest absolute Gasteiger partial charge is 0.336 e. The number of hydrogen-bond donors (Lipinski definition) is 2. The van der Waals surface area contributed by atoms with Crippen LogP contribution in [0.4, 0.5) is 19.3 Å². The summed E-state index contributed by atoms with van der Waals surface area (Å²) in [6, 6.07) is 10.0. The maximum Gasteiger partial charge on any atom is 0.319 e. The second-order valence-corrected chi connectivity index (χ2v) is 5.16. The minimum absolute atomic E-state index is 0.241. The fraction of sp³-hybridized carbons (Fsp3) is 0.118. The average molecular weight is 343 g/mol. The Hall–Kier alpha value is -3.29. The second kappa shape index (κ2) is 7.52. The number of aromatic nitrogens is 3. The van der Waals surface area contributed by atoms with Crippen molar-refractivity contribution in [2.24, 2.45) is 0 Å². The number of benzene rings is 1. The predicted molar refractivity (Wildman–Crippen MR) is 88.8 cm³/mol.